The molecule has 2 rings (SSSR count). The Hall–Kier alpha value is -1.89. The second-order valence-corrected chi connectivity index (χ2v) is 5.37. The van der Waals surface area contributed by atoms with Gasteiger partial charge in [0.15, 0.2) is 5.82 Å². The number of hydrogen-bond donors (Lipinski definition) is 2. The van der Waals surface area contributed by atoms with E-state index in [2.05, 4.69) is 15.5 Å². The number of aryl methyl sites for hydroxylation is 2. The third-order valence-corrected chi connectivity index (χ3v) is 3.73. The van der Waals surface area contributed by atoms with Gasteiger partial charge in [-0.25, -0.2) is 0 Å². The van der Waals surface area contributed by atoms with Crippen molar-refractivity contribution >= 4 is 22.9 Å². The Bertz CT molecular complexity index is 554. The first-order valence-corrected chi connectivity index (χ1v) is 6.31. The molecule has 2 heterocycles. The van der Waals surface area contributed by atoms with Gasteiger partial charge < -0.3 is 15.6 Å². The summed E-state index contributed by atoms with van der Waals surface area (Å²) in [5, 5.41) is 10.6. The number of nitrogens with zero attached hydrogens (tertiary/aromatic N) is 3. The lowest BCUT2D eigenvalue weighted by atomic mass is 10.3. The number of carbonyl (C=O) groups is 1. The van der Waals surface area contributed by atoms with Crippen LogP contribution in [0.3, 0.4) is 0 Å². The number of thiophene rings is 1. The number of carbonyl (C=O) groups excluding carboxylic acids is 1. The molecule has 1 atom stereocenters. The molecule has 0 aromatic carbocycles. The molecule has 0 aliphatic rings. The summed E-state index contributed by atoms with van der Waals surface area (Å²) in [6, 6.07) is 1.49. The first-order chi connectivity index (χ1) is 8.49. The van der Waals surface area contributed by atoms with E-state index < -0.39 is 0 Å². The second kappa shape index (κ2) is 4.77. The van der Waals surface area contributed by atoms with E-state index >= 15 is 0 Å². The monoisotopic (exact) mass is 265 g/mol. The van der Waals surface area contributed by atoms with Gasteiger partial charge in [-0.3, -0.25) is 4.79 Å². The molecule has 3 N–H and O–H groups in total. The summed E-state index contributed by atoms with van der Waals surface area (Å²) < 4.78 is 1.78. The molecular formula is C11H15N5OS. The number of hydrogen-bond acceptors (Lipinski definition) is 5. The van der Waals surface area contributed by atoms with Crippen molar-refractivity contribution in [3.8, 4) is 0 Å². The quantitative estimate of drug-likeness (QED) is 0.874. The molecule has 1 unspecified atom stereocenters. The molecule has 2 aromatic rings. The molecule has 0 aliphatic carbocycles. The fourth-order valence-corrected chi connectivity index (χ4v) is 2.47. The van der Waals surface area contributed by atoms with Gasteiger partial charge in [0.1, 0.15) is 6.33 Å². The number of anilines is 1. The minimum absolute atomic E-state index is 0.143. The van der Waals surface area contributed by atoms with Gasteiger partial charge in [-0.05, 0) is 19.9 Å². The van der Waals surface area contributed by atoms with Gasteiger partial charge >= 0.3 is 0 Å². The van der Waals surface area contributed by atoms with Gasteiger partial charge in [-0.1, -0.05) is 0 Å². The average molecular weight is 265 g/mol. The van der Waals surface area contributed by atoms with Crippen molar-refractivity contribution in [2.24, 2.45) is 7.05 Å². The zero-order valence-electron chi connectivity index (χ0n) is 10.5. The second-order valence-electron chi connectivity index (χ2n) is 4.12. The Morgan fingerprint density at radius 2 is 2.33 bits per heavy atom. The molecule has 7 heteroatoms. The van der Waals surface area contributed by atoms with Crippen LogP contribution in [-0.4, -0.2) is 20.7 Å². The fraction of sp³-hybridized carbons (Fsp3) is 0.364. The molecule has 0 spiro atoms. The van der Waals surface area contributed by atoms with Crippen molar-refractivity contribution in [2.75, 3.05) is 5.73 Å². The van der Waals surface area contributed by atoms with Crippen LogP contribution in [0.5, 0.6) is 0 Å². The van der Waals surface area contributed by atoms with Gasteiger partial charge in [0.25, 0.3) is 5.91 Å². The lowest BCUT2D eigenvalue weighted by Gasteiger charge is -2.11. The lowest BCUT2D eigenvalue weighted by Crippen LogP contribution is -2.27. The number of amides is 1. The van der Waals surface area contributed by atoms with Crippen molar-refractivity contribution in [3.05, 3.63) is 28.0 Å². The molecule has 0 radical (unpaired) electrons. The maximum atomic E-state index is 12.0. The predicted octanol–water partition coefficient (Wildman–Crippen LogP) is 1.26. The first kappa shape index (κ1) is 12.6. The Morgan fingerprint density at radius 3 is 2.83 bits per heavy atom. The predicted molar refractivity (Wildman–Crippen MR) is 70.4 cm³/mol. The molecule has 0 saturated heterocycles. The third-order valence-electron chi connectivity index (χ3n) is 2.66. The summed E-state index contributed by atoms with van der Waals surface area (Å²) in [4.78, 5) is 13.6. The topological polar surface area (TPSA) is 85.8 Å². The summed E-state index contributed by atoms with van der Waals surface area (Å²) in [6.45, 7) is 3.76. The zero-order chi connectivity index (χ0) is 13.3. The van der Waals surface area contributed by atoms with Crippen LogP contribution >= 0.6 is 11.3 Å². The molecule has 0 fully saturated rings. The SMILES string of the molecule is Cc1sc(C(=O)NC(C)c2nncn2C)cc1N. The highest BCUT2D eigenvalue weighted by Gasteiger charge is 2.17. The average Bonchev–Trinajstić information content (AvgIpc) is 2.86. The van der Waals surface area contributed by atoms with Crippen LogP contribution in [0.1, 0.15) is 33.3 Å². The normalized spacial score (nSPS) is 12.4. The molecule has 0 saturated carbocycles. The van der Waals surface area contributed by atoms with Crippen molar-refractivity contribution < 1.29 is 4.79 Å². The maximum Gasteiger partial charge on any atom is 0.262 e. The van der Waals surface area contributed by atoms with Crippen LogP contribution in [0.25, 0.3) is 0 Å². The number of nitrogens with one attached hydrogen (secondary N) is 1. The van der Waals surface area contributed by atoms with Crippen molar-refractivity contribution in [1.82, 2.24) is 20.1 Å². The highest BCUT2D eigenvalue weighted by atomic mass is 32.1. The van der Waals surface area contributed by atoms with Gasteiger partial charge in [-0.2, -0.15) is 0 Å². The summed E-state index contributed by atoms with van der Waals surface area (Å²) in [6.07, 6.45) is 1.60. The lowest BCUT2D eigenvalue weighted by molar-refractivity contribution is 0.0942. The molecular weight excluding hydrogens is 250 g/mol. The van der Waals surface area contributed by atoms with Crippen LogP contribution in [0.15, 0.2) is 12.4 Å². The Balaban J connectivity index is 2.10. The van der Waals surface area contributed by atoms with E-state index in [0.29, 0.717) is 16.4 Å². The molecule has 1 amide bonds. The number of nitrogen functional groups attached to an aromatic ring is 1. The van der Waals surface area contributed by atoms with Gasteiger partial charge in [0.05, 0.1) is 10.9 Å². The van der Waals surface area contributed by atoms with Crippen LogP contribution in [0.4, 0.5) is 5.69 Å². The van der Waals surface area contributed by atoms with E-state index in [0.717, 1.165) is 4.88 Å². The van der Waals surface area contributed by atoms with Gasteiger partial charge in [0, 0.05) is 17.6 Å². The maximum absolute atomic E-state index is 12.0. The number of aromatic nitrogens is 3. The smallest absolute Gasteiger partial charge is 0.262 e. The largest absolute Gasteiger partial charge is 0.398 e. The molecule has 96 valence electrons. The summed E-state index contributed by atoms with van der Waals surface area (Å²) in [7, 11) is 1.84. The minimum atomic E-state index is -0.200. The molecule has 6 nitrogen and oxygen atoms in total. The Morgan fingerprint density at radius 1 is 1.61 bits per heavy atom. The van der Waals surface area contributed by atoms with Crippen LogP contribution in [-0.2, 0) is 7.05 Å². The highest BCUT2D eigenvalue weighted by molar-refractivity contribution is 7.14. The molecule has 0 aliphatic heterocycles. The van der Waals surface area contributed by atoms with E-state index in [1.165, 1.54) is 11.3 Å². The highest BCUT2D eigenvalue weighted by Crippen LogP contribution is 2.23. The molecule has 2 aromatic heterocycles. The summed E-state index contributed by atoms with van der Waals surface area (Å²) >= 11 is 1.39. The Kier molecular flexibility index (Phi) is 3.33. The third kappa shape index (κ3) is 2.35. The fourth-order valence-electron chi connectivity index (χ4n) is 1.62. The molecule has 0 bridgehead atoms. The van der Waals surface area contributed by atoms with Crippen molar-refractivity contribution in [2.45, 2.75) is 19.9 Å². The number of nitrogens with two attached hydrogens (primary N) is 1. The van der Waals surface area contributed by atoms with Gasteiger partial charge in [0.2, 0.25) is 0 Å². The van der Waals surface area contributed by atoms with E-state index in [9.17, 15) is 4.79 Å². The molecule has 18 heavy (non-hydrogen) atoms. The summed E-state index contributed by atoms with van der Waals surface area (Å²) in [5.74, 6) is 0.569. The van der Waals surface area contributed by atoms with E-state index in [1.807, 2.05) is 20.9 Å². The van der Waals surface area contributed by atoms with Crippen molar-refractivity contribution in [1.29, 1.82) is 0 Å². The first-order valence-electron chi connectivity index (χ1n) is 5.49. The Labute approximate surface area is 109 Å². The summed E-state index contributed by atoms with van der Waals surface area (Å²) in [5.41, 5.74) is 6.38. The standard InChI is InChI=1S/C11H15N5OS/c1-6(10-15-13-5-16(10)3)14-11(17)9-4-8(12)7(2)18-9/h4-6H,12H2,1-3H3,(H,14,17). The number of rotatable bonds is 3. The van der Waals surface area contributed by atoms with Crippen LogP contribution < -0.4 is 11.1 Å². The van der Waals surface area contributed by atoms with E-state index in [1.54, 1.807) is 17.0 Å². The van der Waals surface area contributed by atoms with Crippen LogP contribution in [0, 0.1) is 6.92 Å². The van der Waals surface area contributed by atoms with Crippen LogP contribution in [0.2, 0.25) is 0 Å². The minimum Gasteiger partial charge on any atom is -0.398 e. The van der Waals surface area contributed by atoms with E-state index in [-0.39, 0.29) is 11.9 Å². The van der Waals surface area contributed by atoms with Crippen molar-refractivity contribution in [3.63, 3.8) is 0 Å². The zero-order valence-corrected chi connectivity index (χ0v) is 11.3. The van der Waals surface area contributed by atoms with Gasteiger partial charge in [-0.15, -0.1) is 21.5 Å². The van der Waals surface area contributed by atoms with E-state index in [4.69, 9.17) is 5.73 Å².